The van der Waals surface area contributed by atoms with Crippen molar-refractivity contribution in [1.82, 2.24) is 19.7 Å². The summed E-state index contributed by atoms with van der Waals surface area (Å²) < 4.78 is 1.99. The number of likely N-dealkylation sites (tertiary alicyclic amines) is 1. The van der Waals surface area contributed by atoms with E-state index in [0.717, 1.165) is 31.9 Å². The van der Waals surface area contributed by atoms with Gasteiger partial charge < -0.3 is 5.11 Å². The van der Waals surface area contributed by atoms with Gasteiger partial charge in [0.05, 0.1) is 5.69 Å². The summed E-state index contributed by atoms with van der Waals surface area (Å²) in [5, 5.41) is 14.2. The number of pyridine rings is 1. The Morgan fingerprint density at radius 1 is 1.27 bits per heavy atom. The molecule has 1 saturated heterocycles. The highest BCUT2D eigenvalue weighted by Crippen LogP contribution is 2.33. The average molecular weight is 300 g/mol. The summed E-state index contributed by atoms with van der Waals surface area (Å²) in [5.74, 6) is 0.679. The van der Waals surface area contributed by atoms with Gasteiger partial charge in [0.15, 0.2) is 0 Å². The second-order valence-corrected chi connectivity index (χ2v) is 6.12. The smallest absolute Gasteiger partial charge is 0.0638 e. The number of hydrogen-bond acceptors (Lipinski definition) is 4. The molecule has 2 aromatic rings. The minimum Gasteiger partial charge on any atom is -0.396 e. The van der Waals surface area contributed by atoms with Crippen LogP contribution in [0.25, 0.3) is 0 Å². The number of aryl methyl sites for hydroxylation is 2. The first-order chi connectivity index (χ1) is 10.7. The molecule has 3 heterocycles. The van der Waals surface area contributed by atoms with Crippen molar-refractivity contribution < 1.29 is 5.11 Å². The van der Waals surface area contributed by atoms with Crippen molar-refractivity contribution in [3.63, 3.8) is 0 Å². The van der Waals surface area contributed by atoms with Crippen LogP contribution in [0.15, 0.2) is 30.7 Å². The fourth-order valence-electron chi connectivity index (χ4n) is 3.38. The Hall–Kier alpha value is -1.72. The minimum atomic E-state index is 0.233. The number of aliphatic hydroxyl groups is 1. The molecule has 0 radical (unpaired) electrons. The zero-order valence-corrected chi connectivity index (χ0v) is 13.3. The van der Waals surface area contributed by atoms with Crippen molar-refractivity contribution in [3.05, 3.63) is 47.5 Å². The van der Waals surface area contributed by atoms with E-state index in [-0.39, 0.29) is 6.61 Å². The van der Waals surface area contributed by atoms with E-state index in [2.05, 4.69) is 47.2 Å². The van der Waals surface area contributed by atoms with Crippen molar-refractivity contribution >= 4 is 0 Å². The van der Waals surface area contributed by atoms with Crippen LogP contribution in [0.2, 0.25) is 0 Å². The molecule has 2 aromatic heterocycles. The first kappa shape index (κ1) is 15.2. The Labute approximate surface area is 131 Å². The van der Waals surface area contributed by atoms with Crippen LogP contribution in [-0.2, 0) is 13.1 Å². The lowest BCUT2D eigenvalue weighted by atomic mass is 9.90. The maximum absolute atomic E-state index is 9.72. The lowest BCUT2D eigenvalue weighted by Gasteiger charge is -2.16. The van der Waals surface area contributed by atoms with E-state index < -0.39 is 0 Å². The molecule has 0 saturated carbocycles. The van der Waals surface area contributed by atoms with Gasteiger partial charge in [0.1, 0.15) is 0 Å². The van der Waals surface area contributed by atoms with Gasteiger partial charge in [-0.3, -0.25) is 14.6 Å². The van der Waals surface area contributed by atoms with Crippen LogP contribution in [0.1, 0.15) is 29.7 Å². The number of aliphatic hydroxyl groups excluding tert-OH is 1. The first-order valence-electron chi connectivity index (χ1n) is 7.97. The predicted octanol–water partition coefficient (Wildman–Crippen LogP) is 1.81. The van der Waals surface area contributed by atoms with Crippen molar-refractivity contribution in [2.24, 2.45) is 5.92 Å². The molecule has 1 aliphatic heterocycles. The number of aromatic nitrogens is 3. The second-order valence-electron chi connectivity index (χ2n) is 6.12. The SMILES string of the molecule is CCn1cc(CN2C[C@@H](CO)[C@H](c3ccncc3)C2)c(C)n1. The highest BCUT2D eigenvalue weighted by molar-refractivity contribution is 5.21. The largest absolute Gasteiger partial charge is 0.396 e. The van der Waals surface area contributed by atoms with Gasteiger partial charge in [0, 0.05) is 68.8 Å². The Balaban J connectivity index is 1.72. The molecule has 22 heavy (non-hydrogen) atoms. The summed E-state index contributed by atoms with van der Waals surface area (Å²) in [6, 6.07) is 4.13. The van der Waals surface area contributed by atoms with Gasteiger partial charge in [0.2, 0.25) is 0 Å². The van der Waals surface area contributed by atoms with Crippen LogP contribution in [-0.4, -0.2) is 44.5 Å². The Kier molecular flexibility index (Phi) is 4.55. The third-order valence-corrected chi connectivity index (χ3v) is 4.65. The fraction of sp³-hybridized carbons (Fsp3) is 0.529. The van der Waals surface area contributed by atoms with E-state index in [1.807, 2.05) is 17.1 Å². The fourth-order valence-corrected chi connectivity index (χ4v) is 3.38. The number of rotatable bonds is 5. The third-order valence-electron chi connectivity index (χ3n) is 4.65. The third kappa shape index (κ3) is 3.05. The molecule has 1 N–H and O–H groups in total. The van der Waals surface area contributed by atoms with E-state index in [0.29, 0.717) is 11.8 Å². The van der Waals surface area contributed by atoms with E-state index >= 15 is 0 Å². The highest BCUT2D eigenvalue weighted by atomic mass is 16.3. The van der Waals surface area contributed by atoms with Gasteiger partial charge in [-0.2, -0.15) is 5.10 Å². The molecule has 5 heteroatoms. The molecule has 1 aliphatic rings. The standard InChI is InChI=1S/C17H24N4O/c1-3-21-10-15(13(2)19-21)8-20-9-16(12-22)17(11-20)14-4-6-18-7-5-14/h4-7,10,16-17,22H,3,8-9,11-12H2,1-2H3/t16-,17-/m0/s1. The molecule has 3 rings (SSSR count). The van der Waals surface area contributed by atoms with Gasteiger partial charge in [-0.25, -0.2) is 0 Å². The second kappa shape index (κ2) is 6.58. The van der Waals surface area contributed by atoms with Crippen LogP contribution < -0.4 is 0 Å². The van der Waals surface area contributed by atoms with Crippen molar-refractivity contribution in [3.8, 4) is 0 Å². The van der Waals surface area contributed by atoms with Crippen LogP contribution in [0.5, 0.6) is 0 Å². The van der Waals surface area contributed by atoms with Crippen LogP contribution in [0, 0.1) is 12.8 Å². The normalized spacial score (nSPS) is 22.3. The van der Waals surface area contributed by atoms with Crippen molar-refractivity contribution in [2.75, 3.05) is 19.7 Å². The lowest BCUT2D eigenvalue weighted by molar-refractivity contribution is 0.214. The zero-order chi connectivity index (χ0) is 15.5. The minimum absolute atomic E-state index is 0.233. The van der Waals surface area contributed by atoms with Crippen molar-refractivity contribution in [2.45, 2.75) is 32.9 Å². The molecule has 118 valence electrons. The molecule has 1 fully saturated rings. The van der Waals surface area contributed by atoms with Gasteiger partial charge in [0.25, 0.3) is 0 Å². The molecule has 0 amide bonds. The summed E-state index contributed by atoms with van der Waals surface area (Å²) in [5.41, 5.74) is 3.67. The maximum atomic E-state index is 9.72. The summed E-state index contributed by atoms with van der Waals surface area (Å²) in [7, 11) is 0. The van der Waals surface area contributed by atoms with E-state index in [9.17, 15) is 5.11 Å². The Morgan fingerprint density at radius 2 is 2.05 bits per heavy atom. The van der Waals surface area contributed by atoms with E-state index in [1.54, 1.807) is 0 Å². The van der Waals surface area contributed by atoms with E-state index in [4.69, 9.17) is 0 Å². The molecule has 5 nitrogen and oxygen atoms in total. The molecular weight excluding hydrogens is 276 g/mol. The Bertz CT molecular complexity index is 610. The molecule has 0 aliphatic carbocycles. The van der Waals surface area contributed by atoms with Crippen LogP contribution in [0.3, 0.4) is 0 Å². The van der Waals surface area contributed by atoms with E-state index in [1.165, 1.54) is 11.1 Å². The lowest BCUT2D eigenvalue weighted by Crippen LogP contribution is -2.21. The predicted molar refractivity (Wildman–Crippen MR) is 85.5 cm³/mol. The summed E-state index contributed by atoms with van der Waals surface area (Å²) >= 11 is 0. The molecule has 0 unspecified atom stereocenters. The van der Waals surface area contributed by atoms with Gasteiger partial charge in [-0.15, -0.1) is 0 Å². The molecule has 0 bridgehead atoms. The summed E-state index contributed by atoms with van der Waals surface area (Å²) in [6.07, 6.45) is 5.81. The van der Waals surface area contributed by atoms with Gasteiger partial charge in [-0.1, -0.05) is 0 Å². The molecule has 0 aromatic carbocycles. The van der Waals surface area contributed by atoms with Crippen LogP contribution >= 0.6 is 0 Å². The number of hydrogen-bond donors (Lipinski definition) is 1. The van der Waals surface area contributed by atoms with Crippen molar-refractivity contribution in [1.29, 1.82) is 0 Å². The zero-order valence-electron chi connectivity index (χ0n) is 13.3. The quantitative estimate of drug-likeness (QED) is 0.915. The maximum Gasteiger partial charge on any atom is 0.0638 e. The molecule has 2 atom stereocenters. The summed E-state index contributed by atoms with van der Waals surface area (Å²) in [6.45, 7) is 8.13. The Morgan fingerprint density at radius 3 is 2.68 bits per heavy atom. The van der Waals surface area contributed by atoms with Gasteiger partial charge in [-0.05, 0) is 31.5 Å². The summed E-state index contributed by atoms with van der Waals surface area (Å²) in [4.78, 5) is 6.52. The number of nitrogens with zero attached hydrogens (tertiary/aromatic N) is 4. The molecular formula is C17H24N4O. The monoisotopic (exact) mass is 300 g/mol. The molecule has 0 spiro atoms. The topological polar surface area (TPSA) is 54.2 Å². The average Bonchev–Trinajstić information content (AvgIpc) is 3.12. The highest BCUT2D eigenvalue weighted by Gasteiger charge is 2.33. The first-order valence-corrected chi connectivity index (χ1v) is 7.97. The van der Waals surface area contributed by atoms with Gasteiger partial charge >= 0.3 is 0 Å². The van der Waals surface area contributed by atoms with Crippen LogP contribution in [0.4, 0.5) is 0 Å².